The van der Waals surface area contributed by atoms with Crippen molar-refractivity contribution >= 4 is 17.7 Å². The summed E-state index contributed by atoms with van der Waals surface area (Å²) in [4.78, 5) is 26.8. The molecule has 2 saturated heterocycles. The van der Waals surface area contributed by atoms with Crippen LogP contribution >= 0.6 is 0 Å². The molecule has 2 unspecified atom stereocenters. The summed E-state index contributed by atoms with van der Waals surface area (Å²) in [6, 6.07) is 7.59. The molecule has 0 saturated carbocycles. The Morgan fingerprint density at radius 1 is 1.23 bits per heavy atom. The van der Waals surface area contributed by atoms with E-state index in [1.54, 1.807) is 0 Å². The van der Waals surface area contributed by atoms with Gasteiger partial charge in [0.05, 0.1) is 6.54 Å². The quantitative estimate of drug-likeness (QED) is 0.878. The second kappa shape index (κ2) is 5.96. The lowest BCUT2D eigenvalue weighted by Gasteiger charge is -2.42. The topological polar surface area (TPSA) is 75.7 Å². The van der Waals surface area contributed by atoms with Crippen LogP contribution in [0.15, 0.2) is 24.3 Å². The normalized spacial score (nSPS) is 24.3. The lowest BCUT2D eigenvalue weighted by molar-refractivity contribution is -0.270. The zero-order valence-electron chi connectivity index (χ0n) is 12.6. The maximum atomic E-state index is 12.2. The fourth-order valence-corrected chi connectivity index (χ4v) is 3.52. The fraction of sp³-hybridized carbons (Fsp3) is 0.500. The van der Waals surface area contributed by atoms with Gasteiger partial charge >= 0.3 is 0 Å². The molecule has 1 aromatic rings. The van der Waals surface area contributed by atoms with Gasteiger partial charge < -0.3 is 20.1 Å². The molecule has 6 nitrogen and oxygen atoms in total. The van der Waals surface area contributed by atoms with Crippen molar-refractivity contribution in [2.24, 2.45) is 0 Å². The fourth-order valence-electron chi connectivity index (χ4n) is 3.52. The van der Waals surface area contributed by atoms with Gasteiger partial charge in [0.15, 0.2) is 0 Å². The molecule has 6 heteroatoms. The van der Waals surface area contributed by atoms with Crippen LogP contribution in [0.2, 0.25) is 0 Å². The van der Waals surface area contributed by atoms with Gasteiger partial charge in [-0.05, 0) is 31.4 Å². The van der Waals surface area contributed by atoms with Crippen LogP contribution in [0, 0.1) is 6.92 Å². The molecule has 2 atom stereocenters. The second-order valence-corrected chi connectivity index (χ2v) is 6.12. The molecule has 0 aromatic heterocycles. The van der Waals surface area contributed by atoms with Crippen LogP contribution < -0.4 is 10.4 Å². The van der Waals surface area contributed by atoms with E-state index >= 15 is 0 Å². The number of likely N-dealkylation sites (tertiary alicyclic amines) is 1. The third kappa shape index (κ3) is 2.92. The van der Waals surface area contributed by atoms with E-state index < -0.39 is 6.09 Å². The highest BCUT2D eigenvalue weighted by Crippen LogP contribution is 2.29. The second-order valence-electron chi connectivity index (χ2n) is 6.12. The number of amides is 2. The first-order chi connectivity index (χ1) is 10.5. The number of benzene rings is 1. The number of carbonyl (C=O) groups excluding carboxylic acids is 2. The Balaban J connectivity index is 1.58. The van der Waals surface area contributed by atoms with Gasteiger partial charge in [-0.25, -0.2) is 0 Å². The van der Waals surface area contributed by atoms with Gasteiger partial charge in [0.1, 0.15) is 6.09 Å². The molecule has 2 bridgehead atoms. The molecular formula is C16H20N3O3-. The number of fused-ring (bicyclic) bond motifs is 2. The maximum Gasteiger partial charge on any atom is 0.238 e. The molecule has 2 heterocycles. The average Bonchev–Trinajstić information content (AvgIpc) is 2.74. The SMILES string of the molecule is Cc1ccccc1NC(=O)CN1CC2CCC(C1)N2C(=O)[O-]. The van der Waals surface area contributed by atoms with Gasteiger partial charge in [-0.2, -0.15) is 0 Å². The highest BCUT2D eigenvalue weighted by molar-refractivity contribution is 5.92. The number of nitrogens with one attached hydrogen (secondary N) is 1. The Labute approximate surface area is 129 Å². The largest absolute Gasteiger partial charge is 0.530 e. The van der Waals surface area contributed by atoms with Crippen LogP contribution in [-0.4, -0.2) is 53.5 Å². The van der Waals surface area contributed by atoms with Gasteiger partial charge in [0.2, 0.25) is 5.91 Å². The zero-order valence-corrected chi connectivity index (χ0v) is 12.6. The third-order valence-corrected chi connectivity index (χ3v) is 4.55. The van der Waals surface area contributed by atoms with Crippen molar-refractivity contribution in [3.05, 3.63) is 29.8 Å². The lowest BCUT2D eigenvalue weighted by atomic mass is 10.2. The number of carboxylic acid groups (broad SMARTS) is 1. The first-order valence-electron chi connectivity index (χ1n) is 7.61. The molecule has 2 fully saturated rings. The van der Waals surface area contributed by atoms with Crippen LogP contribution in [0.25, 0.3) is 0 Å². The number of piperazine rings is 1. The third-order valence-electron chi connectivity index (χ3n) is 4.55. The van der Waals surface area contributed by atoms with Crippen LogP contribution in [-0.2, 0) is 4.79 Å². The van der Waals surface area contributed by atoms with Crippen molar-refractivity contribution in [2.45, 2.75) is 31.8 Å². The van der Waals surface area contributed by atoms with Crippen molar-refractivity contribution in [2.75, 3.05) is 25.0 Å². The Morgan fingerprint density at radius 2 is 1.86 bits per heavy atom. The highest BCUT2D eigenvalue weighted by Gasteiger charge is 2.40. The van der Waals surface area contributed by atoms with Crippen LogP contribution in [0.5, 0.6) is 0 Å². The van der Waals surface area contributed by atoms with E-state index in [1.807, 2.05) is 36.1 Å². The molecule has 118 valence electrons. The summed E-state index contributed by atoms with van der Waals surface area (Å²) in [5.41, 5.74) is 1.85. The molecule has 2 amide bonds. The Bertz CT molecular complexity index is 576. The van der Waals surface area contributed by atoms with E-state index in [4.69, 9.17) is 0 Å². The summed E-state index contributed by atoms with van der Waals surface area (Å²) in [5, 5.41) is 14.1. The van der Waals surface area contributed by atoms with Crippen LogP contribution in [0.3, 0.4) is 0 Å². The van der Waals surface area contributed by atoms with Crippen LogP contribution in [0.1, 0.15) is 18.4 Å². The molecule has 22 heavy (non-hydrogen) atoms. The maximum absolute atomic E-state index is 12.2. The number of rotatable bonds is 3. The number of para-hydroxylation sites is 1. The molecule has 0 radical (unpaired) electrons. The van der Waals surface area contributed by atoms with E-state index in [9.17, 15) is 14.7 Å². The van der Waals surface area contributed by atoms with E-state index in [-0.39, 0.29) is 18.0 Å². The van der Waals surface area contributed by atoms with Crippen molar-refractivity contribution in [1.82, 2.24) is 9.80 Å². The summed E-state index contributed by atoms with van der Waals surface area (Å²) in [6.07, 6.45) is 0.625. The number of aryl methyl sites for hydroxylation is 1. The van der Waals surface area contributed by atoms with Gasteiger partial charge in [0.25, 0.3) is 0 Å². The van der Waals surface area contributed by atoms with E-state index in [1.165, 1.54) is 4.90 Å². The summed E-state index contributed by atoms with van der Waals surface area (Å²) >= 11 is 0. The summed E-state index contributed by atoms with van der Waals surface area (Å²) < 4.78 is 0. The molecule has 0 aliphatic carbocycles. The van der Waals surface area contributed by atoms with Gasteiger partial charge in [-0.15, -0.1) is 0 Å². The first-order valence-corrected chi connectivity index (χ1v) is 7.61. The van der Waals surface area contributed by atoms with Crippen molar-refractivity contribution in [3.63, 3.8) is 0 Å². The molecular weight excluding hydrogens is 282 g/mol. The minimum Gasteiger partial charge on any atom is -0.530 e. The van der Waals surface area contributed by atoms with Gasteiger partial charge in [-0.1, -0.05) is 18.2 Å². The van der Waals surface area contributed by atoms with Crippen molar-refractivity contribution < 1.29 is 14.7 Å². The molecule has 2 aliphatic rings. The standard InChI is InChI=1S/C16H21N3O3/c1-11-4-2-3-5-14(11)17-15(20)10-18-8-12-6-7-13(9-18)19(12)16(21)22/h2-5,12-13H,6-10H2,1H3,(H,17,20)(H,21,22)/p-1. The highest BCUT2D eigenvalue weighted by atomic mass is 16.4. The van der Waals surface area contributed by atoms with E-state index in [0.29, 0.717) is 19.6 Å². The number of hydrogen-bond acceptors (Lipinski definition) is 4. The predicted molar refractivity (Wildman–Crippen MR) is 80.3 cm³/mol. The number of hydrogen-bond donors (Lipinski definition) is 1. The average molecular weight is 302 g/mol. The minimum atomic E-state index is -1.09. The van der Waals surface area contributed by atoms with E-state index in [2.05, 4.69) is 5.32 Å². The molecule has 3 rings (SSSR count). The Hall–Kier alpha value is -2.08. The smallest absolute Gasteiger partial charge is 0.238 e. The Morgan fingerprint density at radius 3 is 2.45 bits per heavy atom. The lowest BCUT2D eigenvalue weighted by Crippen LogP contribution is -2.59. The summed E-state index contributed by atoms with van der Waals surface area (Å²) in [6.45, 7) is 3.45. The zero-order chi connectivity index (χ0) is 15.7. The molecule has 0 spiro atoms. The monoisotopic (exact) mass is 302 g/mol. The summed E-state index contributed by atoms with van der Waals surface area (Å²) in [5.74, 6) is -0.0596. The van der Waals surface area contributed by atoms with Crippen LogP contribution in [0.4, 0.5) is 10.5 Å². The van der Waals surface area contributed by atoms with Gasteiger partial charge in [0, 0.05) is 30.9 Å². The molecule has 1 aromatic carbocycles. The number of nitrogens with zero attached hydrogens (tertiary/aromatic N) is 2. The van der Waals surface area contributed by atoms with Gasteiger partial charge in [-0.3, -0.25) is 9.69 Å². The van der Waals surface area contributed by atoms with E-state index in [0.717, 1.165) is 24.1 Å². The van der Waals surface area contributed by atoms with Crippen molar-refractivity contribution in [1.29, 1.82) is 0 Å². The predicted octanol–water partition coefficient (Wildman–Crippen LogP) is 0.425. The minimum absolute atomic E-state index is 0.0324. The Kier molecular flexibility index (Phi) is 4.02. The number of anilines is 1. The summed E-state index contributed by atoms with van der Waals surface area (Å²) in [7, 11) is 0. The molecule has 1 N–H and O–H groups in total. The first kappa shape index (κ1) is 14.8. The molecule has 2 aliphatic heterocycles. The van der Waals surface area contributed by atoms with Crippen molar-refractivity contribution in [3.8, 4) is 0 Å². The number of carbonyl (C=O) groups is 2.